The minimum atomic E-state index is -1.11. The summed E-state index contributed by atoms with van der Waals surface area (Å²) in [5.74, 6) is 0.138. The molecule has 1 aliphatic carbocycles. The van der Waals surface area contributed by atoms with Crippen molar-refractivity contribution in [1.82, 2.24) is 14.8 Å². The molecule has 3 atom stereocenters. The van der Waals surface area contributed by atoms with Crippen molar-refractivity contribution in [2.75, 3.05) is 13.1 Å². The molecule has 6 heteroatoms. The molecular weight excluding hydrogens is 390 g/mol. The van der Waals surface area contributed by atoms with Crippen LogP contribution in [0.15, 0.2) is 54.7 Å². The van der Waals surface area contributed by atoms with Crippen LogP contribution in [-0.2, 0) is 26.2 Å². The fourth-order valence-electron chi connectivity index (χ4n) is 5.61. The van der Waals surface area contributed by atoms with Gasteiger partial charge in [-0.3, -0.25) is 24.3 Å². The minimum absolute atomic E-state index is 0.00350. The molecule has 0 N–H and O–H groups in total. The summed E-state index contributed by atoms with van der Waals surface area (Å²) in [4.78, 5) is 47.6. The third kappa shape index (κ3) is 3.54. The summed E-state index contributed by atoms with van der Waals surface area (Å²) in [6, 6.07) is 15.3. The zero-order chi connectivity index (χ0) is 21.4. The van der Waals surface area contributed by atoms with Gasteiger partial charge in [-0.2, -0.15) is 0 Å². The number of carbonyl (C=O) groups excluding carboxylic acids is 3. The summed E-state index contributed by atoms with van der Waals surface area (Å²) in [6.45, 7) is 1.08. The predicted octanol–water partition coefficient (Wildman–Crippen LogP) is 2.72. The Morgan fingerprint density at radius 2 is 1.87 bits per heavy atom. The van der Waals surface area contributed by atoms with E-state index in [4.69, 9.17) is 0 Å². The van der Waals surface area contributed by atoms with Crippen LogP contribution in [0.4, 0.5) is 0 Å². The number of nitrogens with zero attached hydrogens (tertiary/aromatic N) is 3. The molecule has 3 aliphatic rings. The van der Waals surface area contributed by atoms with E-state index in [9.17, 15) is 14.4 Å². The molecule has 31 heavy (non-hydrogen) atoms. The number of likely N-dealkylation sites (tertiary alicyclic amines) is 2. The Kier molecular flexibility index (Phi) is 5.08. The van der Waals surface area contributed by atoms with Crippen molar-refractivity contribution in [2.45, 2.75) is 50.0 Å². The van der Waals surface area contributed by atoms with Gasteiger partial charge in [0.1, 0.15) is 0 Å². The van der Waals surface area contributed by atoms with E-state index in [2.05, 4.69) is 4.98 Å². The molecule has 2 saturated heterocycles. The van der Waals surface area contributed by atoms with Crippen molar-refractivity contribution in [3.05, 3.63) is 66.0 Å². The molecule has 6 nitrogen and oxygen atoms in total. The van der Waals surface area contributed by atoms with E-state index in [1.807, 2.05) is 53.4 Å². The topological polar surface area (TPSA) is 70.6 Å². The number of aromatic nitrogens is 1. The first kappa shape index (κ1) is 19.9. The van der Waals surface area contributed by atoms with Gasteiger partial charge in [0.05, 0.1) is 5.41 Å². The Morgan fingerprint density at radius 1 is 1.06 bits per heavy atom. The molecule has 160 valence electrons. The maximum atomic E-state index is 13.7. The largest absolute Gasteiger partial charge is 0.339 e. The van der Waals surface area contributed by atoms with Gasteiger partial charge in [-0.1, -0.05) is 36.4 Å². The quantitative estimate of drug-likeness (QED) is 0.678. The normalized spacial score (nSPS) is 27.4. The number of fused-ring (bicyclic) bond motifs is 2. The third-order valence-corrected chi connectivity index (χ3v) is 7.24. The van der Waals surface area contributed by atoms with Crippen LogP contribution < -0.4 is 0 Å². The fraction of sp³-hybridized carbons (Fsp3) is 0.440. The minimum Gasteiger partial charge on any atom is -0.339 e. The van der Waals surface area contributed by atoms with Crippen molar-refractivity contribution < 1.29 is 14.4 Å². The first-order valence-electron chi connectivity index (χ1n) is 11.2. The smallest absolute Gasteiger partial charge is 0.240 e. The SMILES string of the molecule is O=C1CC(CC(=O)N2CC3CCC2C3)(c2ccccc2)C(=O)N1CCc1ccccn1. The van der Waals surface area contributed by atoms with Gasteiger partial charge < -0.3 is 4.90 Å². The van der Waals surface area contributed by atoms with Gasteiger partial charge in [-0.25, -0.2) is 0 Å². The summed E-state index contributed by atoms with van der Waals surface area (Å²) in [5, 5.41) is 0. The Bertz CT molecular complexity index is 994. The van der Waals surface area contributed by atoms with Crippen LogP contribution in [0.25, 0.3) is 0 Å². The maximum Gasteiger partial charge on any atom is 0.240 e. The second-order valence-electron chi connectivity index (χ2n) is 9.10. The van der Waals surface area contributed by atoms with E-state index in [-0.39, 0.29) is 37.1 Å². The summed E-state index contributed by atoms with van der Waals surface area (Å²) >= 11 is 0. The molecule has 2 bridgehead atoms. The number of rotatable bonds is 6. The zero-order valence-electron chi connectivity index (χ0n) is 17.6. The maximum absolute atomic E-state index is 13.7. The number of carbonyl (C=O) groups is 3. The van der Waals surface area contributed by atoms with E-state index >= 15 is 0 Å². The predicted molar refractivity (Wildman–Crippen MR) is 115 cm³/mol. The lowest BCUT2D eigenvalue weighted by Gasteiger charge is -2.32. The number of piperidine rings is 1. The Morgan fingerprint density at radius 3 is 2.55 bits per heavy atom. The van der Waals surface area contributed by atoms with Crippen LogP contribution in [0.5, 0.6) is 0 Å². The van der Waals surface area contributed by atoms with Gasteiger partial charge in [0.25, 0.3) is 0 Å². The molecular formula is C25H27N3O3. The summed E-state index contributed by atoms with van der Waals surface area (Å²) in [5.41, 5.74) is 0.484. The van der Waals surface area contributed by atoms with E-state index in [0.717, 1.165) is 30.6 Å². The van der Waals surface area contributed by atoms with Gasteiger partial charge in [-0.05, 0) is 42.9 Å². The molecule has 1 aromatic carbocycles. The average molecular weight is 418 g/mol. The van der Waals surface area contributed by atoms with Crippen LogP contribution in [0, 0.1) is 5.92 Å². The van der Waals surface area contributed by atoms with Crippen molar-refractivity contribution >= 4 is 17.7 Å². The van der Waals surface area contributed by atoms with Crippen LogP contribution in [0.2, 0.25) is 0 Å². The van der Waals surface area contributed by atoms with Crippen molar-refractivity contribution in [3.8, 4) is 0 Å². The summed E-state index contributed by atoms with van der Waals surface area (Å²) in [7, 11) is 0. The van der Waals surface area contributed by atoms with E-state index < -0.39 is 5.41 Å². The highest BCUT2D eigenvalue weighted by Crippen LogP contribution is 2.43. The van der Waals surface area contributed by atoms with Gasteiger partial charge in [0.15, 0.2) is 0 Å². The lowest BCUT2D eigenvalue weighted by molar-refractivity contribution is -0.143. The van der Waals surface area contributed by atoms with E-state index in [1.54, 1.807) is 6.20 Å². The van der Waals surface area contributed by atoms with Crippen molar-refractivity contribution in [1.29, 1.82) is 0 Å². The Labute approximate surface area is 182 Å². The highest BCUT2D eigenvalue weighted by atomic mass is 16.2. The highest BCUT2D eigenvalue weighted by Gasteiger charge is 2.54. The number of hydrogen-bond donors (Lipinski definition) is 0. The number of amides is 3. The Balaban J connectivity index is 1.40. The van der Waals surface area contributed by atoms with Gasteiger partial charge >= 0.3 is 0 Å². The Hall–Kier alpha value is -3.02. The van der Waals surface area contributed by atoms with Gasteiger partial charge in [-0.15, -0.1) is 0 Å². The monoisotopic (exact) mass is 417 g/mol. The molecule has 2 aliphatic heterocycles. The fourth-order valence-corrected chi connectivity index (χ4v) is 5.61. The first-order chi connectivity index (χ1) is 15.1. The lowest BCUT2D eigenvalue weighted by atomic mass is 9.75. The second kappa shape index (κ2) is 7.91. The van der Waals surface area contributed by atoms with Crippen LogP contribution in [-0.4, -0.2) is 51.6 Å². The summed E-state index contributed by atoms with van der Waals surface area (Å²) < 4.78 is 0. The molecule has 0 spiro atoms. The molecule has 3 amide bonds. The molecule has 3 unspecified atom stereocenters. The molecule has 1 saturated carbocycles. The van der Waals surface area contributed by atoms with E-state index in [1.165, 1.54) is 11.3 Å². The van der Waals surface area contributed by atoms with Crippen LogP contribution in [0.3, 0.4) is 0 Å². The average Bonchev–Trinajstić information content (AvgIpc) is 3.49. The molecule has 3 fully saturated rings. The molecule has 3 heterocycles. The first-order valence-corrected chi connectivity index (χ1v) is 11.2. The third-order valence-electron chi connectivity index (χ3n) is 7.24. The van der Waals surface area contributed by atoms with Crippen LogP contribution in [0.1, 0.15) is 43.4 Å². The molecule has 0 radical (unpaired) electrons. The second-order valence-corrected chi connectivity index (χ2v) is 9.10. The van der Waals surface area contributed by atoms with E-state index in [0.29, 0.717) is 18.4 Å². The van der Waals surface area contributed by atoms with Gasteiger partial charge in [0.2, 0.25) is 17.7 Å². The standard InChI is InChI=1S/C25H27N3O3/c29-22-15-25(19-6-2-1-3-7-19,16-23(30)28-17-18-9-10-21(28)14-18)24(31)27(22)13-11-20-8-4-5-12-26-20/h1-8,12,18,21H,9-11,13-17H2. The van der Waals surface area contributed by atoms with Crippen molar-refractivity contribution in [3.63, 3.8) is 0 Å². The number of imide groups is 1. The summed E-state index contributed by atoms with van der Waals surface area (Å²) in [6.07, 6.45) is 5.64. The lowest BCUT2D eigenvalue weighted by Crippen LogP contribution is -2.45. The molecule has 5 rings (SSSR count). The highest BCUT2D eigenvalue weighted by molar-refractivity contribution is 6.10. The van der Waals surface area contributed by atoms with Gasteiger partial charge in [0, 0.05) is 50.3 Å². The number of hydrogen-bond acceptors (Lipinski definition) is 4. The van der Waals surface area contributed by atoms with Crippen LogP contribution >= 0.6 is 0 Å². The molecule has 1 aromatic heterocycles. The van der Waals surface area contributed by atoms with Crippen molar-refractivity contribution in [2.24, 2.45) is 5.92 Å². The molecule has 2 aromatic rings. The zero-order valence-corrected chi connectivity index (χ0v) is 17.6. The number of pyridine rings is 1. The number of benzene rings is 1.